The number of hydrogen-bond donors (Lipinski definition) is 1. The molecule has 1 aromatic heterocycles. The zero-order valence-corrected chi connectivity index (χ0v) is 11.7. The number of nitrogens with one attached hydrogen (secondary N) is 1. The van der Waals surface area contributed by atoms with Gasteiger partial charge in [-0.1, -0.05) is 12.8 Å². The topological polar surface area (TPSA) is 28.2 Å². The quantitative estimate of drug-likeness (QED) is 0.919. The maximum atomic E-state index is 13.0. The van der Waals surface area contributed by atoms with E-state index in [-0.39, 0.29) is 6.42 Å². The van der Waals surface area contributed by atoms with Crippen molar-refractivity contribution in [2.45, 2.75) is 37.9 Å². The van der Waals surface area contributed by atoms with E-state index < -0.39 is 18.1 Å². The predicted octanol–water partition coefficient (Wildman–Crippen LogP) is 3.68. The van der Waals surface area contributed by atoms with Gasteiger partial charge in [0, 0.05) is 20.1 Å². The van der Waals surface area contributed by atoms with Gasteiger partial charge in [0.1, 0.15) is 5.82 Å². The fraction of sp³-hybridized carbons (Fsp3) is 0.643. The highest BCUT2D eigenvalue weighted by Crippen LogP contribution is 2.38. The lowest BCUT2D eigenvalue weighted by Crippen LogP contribution is -2.41. The van der Waals surface area contributed by atoms with E-state index in [2.05, 4.69) is 10.3 Å². The smallest absolute Gasteiger partial charge is 0.380 e. The van der Waals surface area contributed by atoms with Gasteiger partial charge >= 0.3 is 6.18 Å². The van der Waals surface area contributed by atoms with Gasteiger partial charge in [-0.3, -0.25) is 0 Å². The summed E-state index contributed by atoms with van der Waals surface area (Å²) in [5.74, 6) is -0.476. The summed E-state index contributed by atoms with van der Waals surface area (Å²) in [5, 5.41) is 3.00. The van der Waals surface area contributed by atoms with Crippen molar-refractivity contribution in [3.05, 3.63) is 18.3 Å². The third-order valence-corrected chi connectivity index (χ3v) is 3.74. The second-order valence-electron chi connectivity index (χ2n) is 5.48. The van der Waals surface area contributed by atoms with Crippen LogP contribution in [0.15, 0.2) is 18.3 Å². The Morgan fingerprint density at radius 2 is 1.90 bits per heavy atom. The second kappa shape index (κ2) is 5.89. The average molecular weight is 287 g/mol. The zero-order valence-electron chi connectivity index (χ0n) is 11.7. The first-order chi connectivity index (χ1) is 9.38. The van der Waals surface area contributed by atoms with Gasteiger partial charge in [0.25, 0.3) is 0 Å². The number of anilines is 2. The number of pyridine rings is 1. The van der Waals surface area contributed by atoms with Crippen molar-refractivity contribution < 1.29 is 13.2 Å². The van der Waals surface area contributed by atoms with E-state index in [0.29, 0.717) is 18.5 Å². The zero-order chi connectivity index (χ0) is 14.8. The van der Waals surface area contributed by atoms with Crippen molar-refractivity contribution in [2.75, 3.05) is 24.3 Å². The highest BCUT2D eigenvalue weighted by atomic mass is 19.4. The average Bonchev–Trinajstić information content (AvgIpc) is 2.38. The Balaban J connectivity index is 2.07. The van der Waals surface area contributed by atoms with Gasteiger partial charge < -0.3 is 10.2 Å². The molecule has 1 heterocycles. The Labute approximate surface area is 117 Å². The molecule has 0 aromatic carbocycles. The van der Waals surface area contributed by atoms with Crippen LogP contribution in [0, 0.1) is 5.92 Å². The highest BCUT2D eigenvalue weighted by molar-refractivity contribution is 5.48. The first kappa shape index (κ1) is 14.9. The monoisotopic (exact) mass is 287 g/mol. The van der Waals surface area contributed by atoms with Crippen molar-refractivity contribution in [3.63, 3.8) is 0 Å². The molecular weight excluding hydrogens is 267 g/mol. The summed E-state index contributed by atoms with van der Waals surface area (Å²) < 4.78 is 39.0. The van der Waals surface area contributed by atoms with Crippen LogP contribution in [0.2, 0.25) is 0 Å². The van der Waals surface area contributed by atoms with Crippen molar-refractivity contribution in [2.24, 2.45) is 5.92 Å². The van der Waals surface area contributed by atoms with Gasteiger partial charge in [-0.05, 0) is 25.0 Å². The van der Waals surface area contributed by atoms with Crippen molar-refractivity contribution in [1.82, 2.24) is 4.98 Å². The molecule has 112 valence electrons. The van der Waals surface area contributed by atoms with E-state index in [1.165, 1.54) is 0 Å². The van der Waals surface area contributed by atoms with Crippen LogP contribution in [0.25, 0.3) is 0 Å². The number of nitrogens with zero attached hydrogens (tertiary/aromatic N) is 2. The Bertz CT molecular complexity index is 428. The lowest BCUT2D eigenvalue weighted by atomic mass is 9.84. The molecule has 1 aromatic rings. The molecule has 0 saturated heterocycles. The van der Waals surface area contributed by atoms with Crippen LogP contribution in [-0.2, 0) is 0 Å². The van der Waals surface area contributed by atoms with Gasteiger partial charge in [-0.2, -0.15) is 13.2 Å². The maximum absolute atomic E-state index is 13.0. The van der Waals surface area contributed by atoms with Crippen LogP contribution in [0.3, 0.4) is 0 Å². The molecule has 0 amide bonds. The Hall–Kier alpha value is -1.46. The van der Waals surface area contributed by atoms with Gasteiger partial charge in [-0.25, -0.2) is 4.98 Å². The summed E-state index contributed by atoms with van der Waals surface area (Å²) in [6.07, 6.45) is -0.274. The van der Waals surface area contributed by atoms with Crippen LogP contribution >= 0.6 is 0 Å². The lowest BCUT2D eigenvalue weighted by Gasteiger charge is -2.34. The summed E-state index contributed by atoms with van der Waals surface area (Å²) >= 11 is 0. The molecule has 2 unspecified atom stereocenters. The molecule has 0 radical (unpaired) electrons. The van der Waals surface area contributed by atoms with E-state index in [9.17, 15) is 13.2 Å². The maximum Gasteiger partial charge on any atom is 0.393 e. The van der Waals surface area contributed by atoms with Crippen LogP contribution in [0.4, 0.5) is 24.7 Å². The number of halogens is 3. The molecule has 6 heteroatoms. The molecule has 0 bridgehead atoms. The van der Waals surface area contributed by atoms with E-state index in [4.69, 9.17) is 0 Å². The SMILES string of the molecule is CN(C)c1ccc(NC2CCCCC2C(F)(F)F)cn1. The first-order valence-corrected chi connectivity index (χ1v) is 6.84. The molecule has 1 aliphatic carbocycles. The number of aromatic nitrogens is 1. The standard InChI is InChI=1S/C14H20F3N3/c1-20(2)13-8-7-10(9-18-13)19-12-6-4-3-5-11(12)14(15,16)17/h7-9,11-12,19H,3-6H2,1-2H3. The molecule has 1 aliphatic rings. The molecule has 2 atom stereocenters. The summed E-state index contributed by atoms with van der Waals surface area (Å²) in [7, 11) is 3.74. The predicted molar refractivity (Wildman–Crippen MR) is 74.0 cm³/mol. The summed E-state index contributed by atoms with van der Waals surface area (Å²) in [6, 6.07) is 3.04. The van der Waals surface area contributed by atoms with Gasteiger partial charge in [0.2, 0.25) is 0 Å². The largest absolute Gasteiger partial charge is 0.393 e. The molecular formula is C14H20F3N3. The van der Waals surface area contributed by atoms with Crippen LogP contribution in [0.5, 0.6) is 0 Å². The molecule has 0 aliphatic heterocycles. The van der Waals surface area contributed by atoms with Crippen LogP contribution < -0.4 is 10.2 Å². The second-order valence-corrected chi connectivity index (χ2v) is 5.48. The minimum atomic E-state index is -4.13. The Morgan fingerprint density at radius 1 is 1.20 bits per heavy atom. The number of hydrogen-bond acceptors (Lipinski definition) is 3. The van der Waals surface area contributed by atoms with Gasteiger partial charge in [0.05, 0.1) is 17.8 Å². The fourth-order valence-electron chi connectivity index (χ4n) is 2.65. The normalized spacial score (nSPS) is 23.4. The molecule has 1 fully saturated rings. The third kappa shape index (κ3) is 3.55. The van der Waals surface area contributed by atoms with Crippen molar-refractivity contribution in [3.8, 4) is 0 Å². The van der Waals surface area contributed by atoms with Crippen LogP contribution in [-0.4, -0.2) is 31.3 Å². The summed E-state index contributed by atoms with van der Waals surface area (Å²) in [4.78, 5) is 6.06. The summed E-state index contributed by atoms with van der Waals surface area (Å²) in [6.45, 7) is 0. The Morgan fingerprint density at radius 3 is 2.45 bits per heavy atom. The molecule has 20 heavy (non-hydrogen) atoms. The molecule has 2 rings (SSSR count). The third-order valence-electron chi connectivity index (χ3n) is 3.74. The molecule has 1 saturated carbocycles. The van der Waals surface area contributed by atoms with E-state index in [1.807, 2.05) is 19.0 Å². The minimum Gasteiger partial charge on any atom is -0.380 e. The van der Waals surface area contributed by atoms with Crippen LogP contribution in [0.1, 0.15) is 25.7 Å². The Kier molecular flexibility index (Phi) is 4.40. The number of alkyl halides is 3. The highest BCUT2D eigenvalue weighted by Gasteiger charge is 2.45. The van der Waals surface area contributed by atoms with Gasteiger partial charge in [-0.15, -0.1) is 0 Å². The van der Waals surface area contributed by atoms with E-state index in [1.54, 1.807) is 18.3 Å². The fourth-order valence-corrected chi connectivity index (χ4v) is 2.65. The van der Waals surface area contributed by atoms with Gasteiger partial charge in [0.15, 0.2) is 0 Å². The molecule has 1 N–H and O–H groups in total. The van der Waals surface area contributed by atoms with E-state index in [0.717, 1.165) is 12.2 Å². The van der Waals surface area contributed by atoms with Crippen molar-refractivity contribution >= 4 is 11.5 Å². The minimum absolute atomic E-state index is 0.213. The van der Waals surface area contributed by atoms with Crippen molar-refractivity contribution in [1.29, 1.82) is 0 Å². The molecule has 3 nitrogen and oxygen atoms in total. The lowest BCUT2D eigenvalue weighted by molar-refractivity contribution is -0.184. The van der Waals surface area contributed by atoms with E-state index >= 15 is 0 Å². The first-order valence-electron chi connectivity index (χ1n) is 6.84. The summed E-state index contributed by atoms with van der Waals surface area (Å²) in [5.41, 5.74) is 0.650. The molecule has 0 spiro atoms. The number of rotatable bonds is 3.